The van der Waals surface area contributed by atoms with E-state index in [1.807, 2.05) is 63.2 Å². The van der Waals surface area contributed by atoms with Crippen LogP contribution >= 0.6 is 0 Å². The van der Waals surface area contributed by atoms with Crippen molar-refractivity contribution < 1.29 is 19.0 Å². The third kappa shape index (κ3) is 5.69. The van der Waals surface area contributed by atoms with Gasteiger partial charge in [-0.05, 0) is 57.0 Å². The van der Waals surface area contributed by atoms with E-state index in [0.717, 1.165) is 11.3 Å². The van der Waals surface area contributed by atoms with Crippen molar-refractivity contribution in [2.24, 2.45) is 0 Å². The van der Waals surface area contributed by atoms with E-state index in [0.29, 0.717) is 49.8 Å². The highest BCUT2D eigenvalue weighted by Gasteiger charge is 2.10. The van der Waals surface area contributed by atoms with Gasteiger partial charge in [0, 0.05) is 6.42 Å². The summed E-state index contributed by atoms with van der Waals surface area (Å²) in [5.74, 6) is 2.08. The van der Waals surface area contributed by atoms with Crippen LogP contribution in [0.5, 0.6) is 17.2 Å². The fraction of sp³-hybridized carbons (Fsp3) is 0.381. The van der Waals surface area contributed by atoms with Crippen LogP contribution in [0.1, 0.15) is 32.8 Å². The molecule has 2 rings (SSSR count). The predicted molar refractivity (Wildman–Crippen MR) is 103 cm³/mol. The maximum Gasteiger partial charge on any atom is 0.224 e. The van der Waals surface area contributed by atoms with Crippen LogP contribution in [0.15, 0.2) is 42.5 Å². The lowest BCUT2D eigenvalue weighted by molar-refractivity contribution is -0.116. The fourth-order valence-corrected chi connectivity index (χ4v) is 2.57. The zero-order valence-corrected chi connectivity index (χ0v) is 15.7. The van der Waals surface area contributed by atoms with Gasteiger partial charge in [-0.25, -0.2) is 0 Å². The third-order valence-corrected chi connectivity index (χ3v) is 3.71. The summed E-state index contributed by atoms with van der Waals surface area (Å²) in [6.45, 7) is 7.50. The minimum absolute atomic E-state index is 0.0519. The summed E-state index contributed by atoms with van der Waals surface area (Å²) in [6, 6.07) is 13.2. The Balaban J connectivity index is 1.98. The minimum atomic E-state index is -0.0519. The SMILES string of the molecule is CCOc1ccccc1NC(=O)CCc1ccc(OCC)c(OCC)c1. The zero-order valence-electron chi connectivity index (χ0n) is 15.7. The third-order valence-electron chi connectivity index (χ3n) is 3.71. The van der Waals surface area contributed by atoms with E-state index in [2.05, 4.69) is 5.32 Å². The summed E-state index contributed by atoms with van der Waals surface area (Å²) in [6.07, 6.45) is 0.995. The van der Waals surface area contributed by atoms with Crippen molar-refractivity contribution in [1.29, 1.82) is 0 Å². The highest BCUT2D eigenvalue weighted by atomic mass is 16.5. The van der Waals surface area contributed by atoms with Crippen LogP contribution in [0.3, 0.4) is 0 Å². The molecule has 0 aliphatic rings. The van der Waals surface area contributed by atoms with Gasteiger partial charge in [-0.1, -0.05) is 18.2 Å². The second kappa shape index (κ2) is 10.3. The molecule has 1 amide bonds. The molecule has 1 N–H and O–H groups in total. The van der Waals surface area contributed by atoms with Gasteiger partial charge in [-0.2, -0.15) is 0 Å². The normalized spacial score (nSPS) is 10.3. The Morgan fingerprint density at radius 2 is 1.50 bits per heavy atom. The van der Waals surface area contributed by atoms with Crippen LogP contribution < -0.4 is 19.5 Å². The number of ether oxygens (including phenoxy) is 3. The van der Waals surface area contributed by atoms with E-state index in [1.54, 1.807) is 0 Å². The predicted octanol–water partition coefficient (Wildman–Crippen LogP) is 4.45. The summed E-state index contributed by atoms with van der Waals surface area (Å²) in [7, 11) is 0. The second-order valence-corrected chi connectivity index (χ2v) is 5.62. The van der Waals surface area contributed by atoms with Gasteiger partial charge in [-0.3, -0.25) is 4.79 Å². The molecule has 0 aliphatic heterocycles. The van der Waals surface area contributed by atoms with Crippen molar-refractivity contribution in [1.82, 2.24) is 0 Å². The molecular weight excluding hydrogens is 330 g/mol. The first-order valence-corrected chi connectivity index (χ1v) is 9.08. The molecule has 140 valence electrons. The van der Waals surface area contributed by atoms with Crippen LogP contribution in [-0.2, 0) is 11.2 Å². The number of carbonyl (C=O) groups excluding carboxylic acids is 1. The molecular formula is C21H27NO4. The van der Waals surface area contributed by atoms with Crippen molar-refractivity contribution in [2.45, 2.75) is 33.6 Å². The number of carbonyl (C=O) groups is 1. The van der Waals surface area contributed by atoms with E-state index in [-0.39, 0.29) is 5.91 Å². The van der Waals surface area contributed by atoms with Crippen molar-refractivity contribution in [3.8, 4) is 17.2 Å². The molecule has 0 saturated carbocycles. The fourth-order valence-electron chi connectivity index (χ4n) is 2.57. The molecule has 5 nitrogen and oxygen atoms in total. The highest BCUT2D eigenvalue weighted by molar-refractivity contribution is 5.92. The molecule has 0 aliphatic carbocycles. The summed E-state index contributed by atoms with van der Waals surface area (Å²) < 4.78 is 16.7. The molecule has 2 aromatic carbocycles. The van der Waals surface area contributed by atoms with Gasteiger partial charge in [0.1, 0.15) is 5.75 Å². The molecule has 0 bridgehead atoms. The molecule has 26 heavy (non-hydrogen) atoms. The van der Waals surface area contributed by atoms with Gasteiger partial charge in [0.05, 0.1) is 25.5 Å². The summed E-state index contributed by atoms with van der Waals surface area (Å²) in [4.78, 5) is 12.3. The van der Waals surface area contributed by atoms with Crippen LogP contribution in [-0.4, -0.2) is 25.7 Å². The molecule has 5 heteroatoms. The Hall–Kier alpha value is -2.69. The average molecular weight is 357 g/mol. The molecule has 0 heterocycles. The van der Waals surface area contributed by atoms with E-state index < -0.39 is 0 Å². The molecule has 0 aromatic heterocycles. The zero-order chi connectivity index (χ0) is 18.8. The molecule has 0 saturated heterocycles. The lowest BCUT2D eigenvalue weighted by Gasteiger charge is -2.13. The smallest absolute Gasteiger partial charge is 0.224 e. The van der Waals surface area contributed by atoms with Crippen molar-refractivity contribution in [3.63, 3.8) is 0 Å². The largest absolute Gasteiger partial charge is 0.492 e. The van der Waals surface area contributed by atoms with Gasteiger partial charge in [0.25, 0.3) is 0 Å². The number of benzene rings is 2. The molecule has 0 fully saturated rings. The van der Waals surface area contributed by atoms with Crippen molar-refractivity contribution >= 4 is 11.6 Å². The summed E-state index contributed by atoms with van der Waals surface area (Å²) in [5.41, 5.74) is 1.73. The number of hydrogen-bond acceptors (Lipinski definition) is 4. The number of hydrogen-bond donors (Lipinski definition) is 1. The molecule has 0 unspecified atom stereocenters. The van der Waals surface area contributed by atoms with Gasteiger partial charge < -0.3 is 19.5 Å². The lowest BCUT2D eigenvalue weighted by Crippen LogP contribution is -2.13. The van der Waals surface area contributed by atoms with Crippen molar-refractivity contribution in [2.75, 3.05) is 25.1 Å². The number of amides is 1. The number of anilines is 1. The van der Waals surface area contributed by atoms with Crippen LogP contribution in [0.2, 0.25) is 0 Å². The van der Waals surface area contributed by atoms with Gasteiger partial charge in [0.2, 0.25) is 5.91 Å². The maximum absolute atomic E-state index is 12.3. The summed E-state index contributed by atoms with van der Waals surface area (Å²) >= 11 is 0. The van der Waals surface area contributed by atoms with Gasteiger partial charge >= 0.3 is 0 Å². The molecule has 0 radical (unpaired) electrons. The Bertz CT molecular complexity index is 715. The Morgan fingerprint density at radius 3 is 2.23 bits per heavy atom. The topological polar surface area (TPSA) is 56.8 Å². The number of aryl methyl sites for hydroxylation is 1. The van der Waals surface area contributed by atoms with E-state index in [4.69, 9.17) is 14.2 Å². The molecule has 0 atom stereocenters. The highest BCUT2D eigenvalue weighted by Crippen LogP contribution is 2.29. The van der Waals surface area contributed by atoms with E-state index >= 15 is 0 Å². The van der Waals surface area contributed by atoms with E-state index in [9.17, 15) is 4.79 Å². The Kier molecular flexibility index (Phi) is 7.80. The first-order chi connectivity index (χ1) is 12.7. The quantitative estimate of drug-likeness (QED) is 0.682. The number of nitrogens with one attached hydrogen (secondary N) is 1. The molecule has 2 aromatic rings. The van der Waals surface area contributed by atoms with E-state index in [1.165, 1.54) is 0 Å². The van der Waals surface area contributed by atoms with Crippen LogP contribution in [0, 0.1) is 0 Å². The first kappa shape index (κ1) is 19.6. The Morgan fingerprint density at radius 1 is 0.846 bits per heavy atom. The van der Waals surface area contributed by atoms with Crippen LogP contribution in [0.4, 0.5) is 5.69 Å². The standard InChI is InChI=1S/C21H27NO4/c1-4-24-18-10-8-7-9-17(18)22-21(23)14-12-16-11-13-19(25-5-2)20(15-16)26-6-3/h7-11,13,15H,4-6,12,14H2,1-3H3,(H,22,23). The monoisotopic (exact) mass is 357 g/mol. The minimum Gasteiger partial charge on any atom is -0.492 e. The Labute approximate surface area is 155 Å². The number of para-hydroxylation sites is 2. The lowest BCUT2D eigenvalue weighted by atomic mass is 10.1. The van der Waals surface area contributed by atoms with Gasteiger partial charge in [0.15, 0.2) is 11.5 Å². The maximum atomic E-state index is 12.3. The molecule has 0 spiro atoms. The van der Waals surface area contributed by atoms with Crippen molar-refractivity contribution in [3.05, 3.63) is 48.0 Å². The number of rotatable bonds is 10. The second-order valence-electron chi connectivity index (χ2n) is 5.62. The first-order valence-electron chi connectivity index (χ1n) is 9.08. The summed E-state index contributed by atoms with van der Waals surface area (Å²) in [5, 5.41) is 2.92. The average Bonchev–Trinajstić information content (AvgIpc) is 2.64. The van der Waals surface area contributed by atoms with Crippen LogP contribution in [0.25, 0.3) is 0 Å². The van der Waals surface area contributed by atoms with Gasteiger partial charge in [-0.15, -0.1) is 0 Å².